The van der Waals surface area contributed by atoms with E-state index in [4.69, 9.17) is 0 Å². The summed E-state index contributed by atoms with van der Waals surface area (Å²) in [5.41, 5.74) is 0.733. The molecule has 1 aliphatic rings. The van der Waals surface area contributed by atoms with Gasteiger partial charge in [0.2, 0.25) is 0 Å². The van der Waals surface area contributed by atoms with Gasteiger partial charge in [-0.1, -0.05) is 28.1 Å². The fraction of sp³-hybridized carbons (Fsp3) is 0.176. The van der Waals surface area contributed by atoms with Crippen LogP contribution in [0.5, 0.6) is 0 Å². The Kier molecular flexibility index (Phi) is 3.61. The van der Waals surface area contributed by atoms with E-state index in [2.05, 4.69) is 26.2 Å². The molecule has 1 N–H and O–H groups in total. The molecule has 0 saturated carbocycles. The van der Waals surface area contributed by atoms with Crippen molar-refractivity contribution in [3.05, 3.63) is 63.9 Å². The molecule has 0 bridgehead atoms. The molecule has 0 saturated heterocycles. The van der Waals surface area contributed by atoms with Crippen molar-refractivity contribution in [3.63, 3.8) is 0 Å². The van der Waals surface area contributed by atoms with Crippen molar-refractivity contribution in [2.45, 2.75) is 18.6 Å². The number of carbonyl (C=O) groups excluding carboxylic acids is 1. The van der Waals surface area contributed by atoms with Gasteiger partial charge < -0.3 is 5.32 Å². The van der Waals surface area contributed by atoms with Crippen molar-refractivity contribution >= 4 is 33.0 Å². The minimum atomic E-state index is -4.47. The number of hydrogen-bond donors (Lipinski definition) is 1. The summed E-state index contributed by atoms with van der Waals surface area (Å²) in [4.78, 5) is 16.6. The molecular weight excluding hydrogens is 399 g/mol. The van der Waals surface area contributed by atoms with Crippen LogP contribution in [0.25, 0.3) is 11.0 Å². The smallest absolute Gasteiger partial charge is 0.327 e. The zero-order valence-corrected chi connectivity index (χ0v) is 14.2. The van der Waals surface area contributed by atoms with E-state index >= 15 is 0 Å². The van der Waals surface area contributed by atoms with Crippen LogP contribution in [0.15, 0.2) is 46.9 Å². The second-order valence-electron chi connectivity index (χ2n) is 5.84. The number of rotatable bonds is 2. The molecule has 1 aromatic heterocycles. The van der Waals surface area contributed by atoms with Crippen LogP contribution in [0, 0.1) is 0 Å². The molecule has 2 heterocycles. The molecule has 0 aliphatic carbocycles. The van der Waals surface area contributed by atoms with Crippen LogP contribution in [-0.4, -0.2) is 15.6 Å². The molecule has 3 aromatic rings. The van der Waals surface area contributed by atoms with Gasteiger partial charge in [0.1, 0.15) is 5.82 Å². The van der Waals surface area contributed by atoms with Crippen LogP contribution in [-0.2, 0) is 12.6 Å². The van der Waals surface area contributed by atoms with Gasteiger partial charge in [-0.25, -0.2) is 14.3 Å². The highest BCUT2D eigenvalue weighted by atomic mass is 79.9. The number of benzene rings is 2. The molecule has 8 heteroatoms. The number of imidazole rings is 1. The molecule has 25 heavy (non-hydrogen) atoms. The lowest BCUT2D eigenvalue weighted by Crippen LogP contribution is -2.22. The quantitative estimate of drug-likeness (QED) is 0.668. The summed E-state index contributed by atoms with van der Waals surface area (Å²) < 4.78 is 41.0. The summed E-state index contributed by atoms with van der Waals surface area (Å²) in [5.74, 6) is 0.433. The van der Waals surface area contributed by atoms with Gasteiger partial charge in [-0.3, -0.25) is 0 Å². The first-order chi connectivity index (χ1) is 11.8. The summed E-state index contributed by atoms with van der Waals surface area (Å²) >= 11 is 3.36. The molecule has 1 aliphatic heterocycles. The molecule has 0 fully saturated rings. The summed E-state index contributed by atoms with van der Waals surface area (Å²) in [6, 6.07) is 10.0. The number of carbonyl (C=O) groups is 1. The van der Waals surface area contributed by atoms with Gasteiger partial charge in [-0.15, -0.1) is 0 Å². The van der Waals surface area contributed by atoms with Crippen molar-refractivity contribution < 1.29 is 18.0 Å². The highest BCUT2D eigenvalue weighted by Gasteiger charge is 2.35. The van der Waals surface area contributed by atoms with Crippen molar-refractivity contribution in [1.29, 1.82) is 0 Å². The van der Waals surface area contributed by atoms with E-state index in [1.165, 1.54) is 10.6 Å². The van der Waals surface area contributed by atoms with E-state index < -0.39 is 17.8 Å². The maximum Gasteiger partial charge on any atom is 0.416 e. The number of aromatic nitrogens is 2. The summed E-state index contributed by atoms with van der Waals surface area (Å²) in [5, 5.41) is 2.78. The number of alkyl halides is 3. The highest BCUT2D eigenvalue weighted by Crippen LogP contribution is 2.34. The van der Waals surface area contributed by atoms with Gasteiger partial charge >= 0.3 is 12.2 Å². The van der Waals surface area contributed by atoms with E-state index in [0.717, 1.165) is 22.2 Å². The molecule has 1 atom stereocenters. The van der Waals surface area contributed by atoms with E-state index in [1.807, 2.05) is 24.3 Å². The predicted octanol–water partition coefficient (Wildman–Crippen LogP) is 4.67. The van der Waals surface area contributed by atoms with Crippen LogP contribution >= 0.6 is 15.9 Å². The molecule has 4 nitrogen and oxygen atoms in total. The topological polar surface area (TPSA) is 46.9 Å². The molecule has 0 unspecified atom stereocenters. The van der Waals surface area contributed by atoms with Gasteiger partial charge in [-0.2, -0.15) is 13.2 Å². The minimum absolute atomic E-state index is 0.167. The summed E-state index contributed by atoms with van der Waals surface area (Å²) in [6.07, 6.45) is -3.96. The predicted molar refractivity (Wildman–Crippen MR) is 89.3 cm³/mol. The third-order valence-electron chi connectivity index (χ3n) is 4.17. The first kappa shape index (κ1) is 16.1. The van der Waals surface area contributed by atoms with E-state index in [-0.39, 0.29) is 11.6 Å². The lowest BCUT2D eigenvalue weighted by molar-refractivity contribution is -0.137. The largest absolute Gasteiger partial charge is 0.416 e. The third-order valence-corrected chi connectivity index (χ3v) is 4.70. The van der Waals surface area contributed by atoms with Crippen LogP contribution in [0.2, 0.25) is 0 Å². The van der Waals surface area contributed by atoms with Gasteiger partial charge in [0.15, 0.2) is 0 Å². The Morgan fingerprint density at radius 2 is 1.88 bits per heavy atom. The highest BCUT2D eigenvalue weighted by molar-refractivity contribution is 9.10. The average Bonchev–Trinajstić information content (AvgIpc) is 3.06. The standard InChI is InChI=1S/C17H11BrF3N3O/c18-11-4-1-9(2-5-11)7-13-15-22-12-6-3-10(17(19,20)21)8-14(12)24(15)16(25)23-13/h1-6,8,13H,7H2,(H,23,25)/t13-/m1/s1. The second kappa shape index (κ2) is 5.59. The molecule has 1 amide bonds. The fourth-order valence-corrected chi connectivity index (χ4v) is 3.26. The Labute approximate surface area is 148 Å². The zero-order chi connectivity index (χ0) is 17.8. The van der Waals surface area contributed by atoms with E-state index in [0.29, 0.717) is 17.8 Å². The van der Waals surface area contributed by atoms with Crippen LogP contribution in [0.1, 0.15) is 23.0 Å². The lowest BCUT2D eigenvalue weighted by Gasteiger charge is -2.09. The van der Waals surface area contributed by atoms with Gasteiger partial charge in [0.25, 0.3) is 0 Å². The van der Waals surface area contributed by atoms with Crippen molar-refractivity contribution in [3.8, 4) is 0 Å². The Bertz CT molecular complexity index is 979. The Balaban J connectivity index is 1.75. The maximum absolute atomic E-state index is 12.9. The molecule has 128 valence electrons. The van der Waals surface area contributed by atoms with Gasteiger partial charge in [-0.05, 0) is 42.3 Å². The third kappa shape index (κ3) is 2.80. The monoisotopic (exact) mass is 409 g/mol. The number of hydrogen-bond acceptors (Lipinski definition) is 2. The fourth-order valence-electron chi connectivity index (χ4n) is 2.99. The Hall–Kier alpha value is -2.35. The number of nitrogens with zero attached hydrogens (tertiary/aromatic N) is 2. The molecule has 0 radical (unpaired) electrons. The normalized spacial score (nSPS) is 17.0. The Morgan fingerprint density at radius 1 is 1.16 bits per heavy atom. The molecule has 2 aromatic carbocycles. The van der Waals surface area contributed by atoms with Crippen LogP contribution in [0.4, 0.5) is 18.0 Å². The van der Waals surface area contributed by atoms with Crippen LogP contribution < -0.4 is 5.32 Å². The second-order valence-corrected chi connectivity index (χ2v) is 6.76. The number of amides is 1. The van der Waals surface area contributed by atoms with E-state index in [1.54, 1.807) is 0 Å². The number of nitrogens with one attached hydrogen (secondary N) is 1. The van der Waals surface area contributed by atoms with Crippen LogP contribution in [0.3, 0.4) is 0 Å². The molecule has 0 spiro atoms. The minimum Gasteiger partial charge on any atom is -0.327 e. The number of halogens is 4. The summed E-state index contributed by atoms with van der Waals surface area (Å²) in [7, 11) is 0. The van der Waals surface area contributed by atoms with Crippen molar-refractivity contribution in [2.24, 2.45) is 0 Å². The van der Waals surface area contributed by atoms with Crippen molar-refractivity contribution in [1.82, 2.24) is 14.9 Å². The Morgan fingerprint density at radius 3 is 2.56 bits per heavy atom. The van der Waals surface area contributed by atoms with Gasteiger partial charge in [0, 0.05) is 4.47 Å². The number of fused-ring (bicyclic) bond motifs is 3. The van der Waals surface area contributed by atoms with Gasteiger partial charge in [0.05, 0.1) is 22.6 Å². The van der Waals surface area contributed by atoms with Crippen molar-refractivity contribution in [2.75, 3.05) is 0 Å². The average molecular weight is 410 g/mol. The molecular formula is C17H11BrF3N3O. The zero-order valence-electron chi connectivity index (χ0n) is 12.6. The maximum atomic E-state index is 12.9. The van der Waals surface area contributed by atoms with E-state index in [9.17, 15) is 18.0 Å². The lowest BCUT2D eigenvalue weighted by atomic mass is 10.1. The first-order valence-corrected chi connectivity index (χ1v) is 8.27. The molecule has 4 rings (SSSR count). The first-order valence-electron chi connectivity index (χ1n) is 7.48. The summed E-state index contributed by atoms with van der Waals surface area (Å²) in [6.45, 7) is 0. The SMILES string of the molecule is O=C1N[C@H](Cc2ccc(Br)cc2)c2nc3ccc(C(F)(F)F)cc3n21.